The summed E-state index contributed by atoms with van der Waals surface area (Å²) in [5, 5.41) is 8.35. The van der Waals surface area contributed by atoms with Gasteiger partial charge in [-0.2, -0.15) is 0 Å². The van der Waals surface area contributed by atoms with Gasteiger partial charge in [-0.05, 0) is 0 Å². The van der Waals surface area contributed by atoms with E-state index >= 15 is 0 Å². The Morgan fingerprint density at radius 3 is 3.00 bits per heavy atom. The molecule has 1 heterocycles. The van der Waals surface area contributed by atoms with Gasteiger partial charge in [0, 0.05) is 25.5 Å². The van der Waals surface area contributed by atoms with Crippen LogP contribution >= 0.6 is 0 Å². The third-order valence-corrected chi connectivity index (χ3v) is 1.60. The van der Waals surface area contributed by atoms with E-state index in [0.717, 1.165) is 0 Å². The molecule has 5 heteroatoms. The Hall–Kier alpha value is -1.78. The van der Waals surface area contributed by atoms with E-state index in [1.165, 1.54) is 12.3 Å². The SMILES string of the molecule is Cn1ccc(=O)c(OCCC(=O)O)c1. The van der Waals surface area contributed by atoms with Gasteiger partial charge in [-0.1, -0.05) is 0 Å². The van der Waals surface area contributed by atoms with Gasteiger partial charge in [-0.15, -0.1) is 0 Å². The fraction of sp³-hybridized carbons (Fsp3) is 0.333. The Kier molecular flexibility index (Phi) is 3.28. The summed E-state index contributed by atoms with van der Waals surface area (Å²) < 4.78 is 6.68. The zero-order valence-corrected chi connectivity index (χ0v) is 7.77. The Morgan fingerprint density at radius 1 is 1.64 bits per heavy atom. The van der Waals surface area contributed by atoms with Gasteiger partial charge >= 0.3 is 5.97 Å². The Balaban J connectivity index is 2.62. The zero-order valence-electron chi connectivity index (χ0n) is 7.77. The number of nitrogens with zero attached hydrogens (tertiary/aromatic N) is 1. The van der Waals surface area contributed by atoms with Crippen molar-refractivity contribution >= 4 is 5.97 Å². The maximum absolute atomic E-state index is 11.2. The molecule has 1 aromatic heterocycles. The Morgan fingerprint density at radius 2 is 2.36 bits per heavy atom. The number of rotatable bonds is 4. The van der Waals surface area contributed by atoms with Gasteiger partial charge in [-0.25, -0.2) is 0 Å². The molecule has 0 aliphatic carbocycles. The fourth-order valence-electron chi connectivity index (χ4n) is 0.916. The van der Waals surface area contributed by atoms with Crippen LogP contribution in [0.4, 0.5) is 0 Å². The van der Waals surface area contributed by atoms with E-state index in [0.29, 0.717) is 0 Å². The van der Waals surface area contributed by atoms with E-state index in [1.54, 1.807) is 17.8 Å². The number of ether oxygens (including phenoxy) is 1. The molecule has 14 heavy (non-hydrogen) atoms. The highest BCUT2D eigenvalue weighted by Crippen LogP contribution is 2.01. The average Bonchev–Trinajstić information content (AvgIpc) is 2.10. The monoisotopic (exact) mass is 197 g/mol. The van der Waals surface area contributed by atoms with Crippen LogP contribution in [0.5, 0.6) is 5.75 Å². The van der Waals surface area contributed by atoms with Crippen molar-refractivity contribution in [3.63, 3.8) is 0 Å². The molecule has 0 aliphatic heterocycles. The number of hydrogen-bond acceptors (Lipinski definition) is 3. The van der Waals surface area contributed by atoms with Gasteiger partial charge in [0.25, 0.3) is 0 Å². The molecule has 1 N–H and O–H groups in total. The molecule has 0 spiro atoms. The molecule has 1 aromatic rings. The summed E-state index contributed by atoms with van der Waals surface area (Å²) in [6.45, 7) is 0.00852. The van der Waals surface area contributed by atoms with Crippen molar-refractivity contribution in [1.29, 1.82) is 0 Å². The lowest BCUT2D eigenvalue weighted by Crippen LogP contribution is -2.12. The summed E-state index contributed by atoms with van der Waals surface area (Å²) in [7, 11) is 1.75. The smallest absolute Gasteiger partial charge is 0.306 e. The lowest BCUT2D eigenvalue weighted by molar-refractivity contribution is -0.137. The predicted octanol–water partition coefficient (Wildman–Crippen LogP) is 0.239. The molecule has 0 aliphatic rings. The molecule has 0 aromatic carbocycles. The van der Waals surface area contributed by atoms with Crippen LogP contribution in [-0.2, 0) is 11.8 Å². The minimum Gasteiger partial charge on any atom is -0.487 e. The molecule has 0 unspecified atom stereocenters. The highest BCUT2D eigenvalue weighted by atomic mass is 16.5. The van der Waals surface area contributed by atoms with Gasteiger partial charge in [0.1, 0.15) is 0 Å². The molecule has 5 nitrogen and oxygen atoms in total. The van der Waals surface area contributed by atoms with E-state index in [2.05, 4.69) is 0 Å². The van der Waals surface area contributed by atoms with Gasteiger partial charge in [0.2, 0.25) is 5.43 Å². The summed E-state index contributed by atoms with van der Waals surface area (Å²) in [6.07, 6.45) is 3.01. The maximum Gasteiger partial charge on any atom is 0.306 e. The molecule has 0 saturated heterocycles. The van der Waals surface area contributed by atoms with Gasteiger partial charge in [0.15, 0.2) is 5.75 Å². The predicted molar refractivity (Wildman–Crippen MR) is 49.4 cm³/mol. The van der Waals surface area contributed by atoms with Crippen LogP contribution in [0.1, 0.15) is 6.42 Å². The van der Waals surface area contributed by atoms with Crippen molar-refractivity contribution in [3.05, 3.63) is 28.7 Å². The summed E-state index contributed by atoms with van der Waals surface area (Å²) in [4.78, 5) is 21.3. The molecule has 0 amide bonds. The summed E-state index contributed by atoms with van der Waals surface area (Å²) >= 11 is 0. The quantitative estimate of drug-likeness (QED) is 0.750. The van der Waals surface area contributed by atoms with Crippen LogP contribution in [0.15, 0.2) is 23.3 Å². The van der Waals surface area contributed by atoms with Crippen molar-refractivity contribution in [2.24, 2.45) is 7.05 Å². The van der Waals surface area contributed by atoms with Crippen LogP contribution in [0, 0.1) is 0 Å². The van der Waals surface area contributed by atoms with Crippen LogP contribution in [0.3, 0.4) is 0 Å². The second-order valence-corrected chi connectivity index (χ2v) is 2.83. The third kappa shape index (κ3) is 2.93. The molecule has 0 saturated carbocycles. The summed E-state index contributed by atoms with van der Waals surface area (Å²) in [6, 6.07) is 1.37. The summed E-state index contributed by atoms with van der Waals surface area (Å²) in [5.41, 5.74) is -0.242. The second-order valence-electron chi connectivity index (χ2n) is 2.83. The van der Waals surface area contributed by atoms with Crippen LogP contribution < -0.4 is 10.2 Å². The van der Waals surface area contributed by atoms with Crippen molar-refractivity contribution in [2.75, 3.05) is 6.61 Å². The number of carboxylic acid groups (broad SMARTS) is 1. The maximum atomic E-state index is 11.2. The lowest BCUT2D eigenvalue weighted by atomic mass is 10.4. The first kappa shape index (κ1) is 10.3. The van der Waals surface area contributed by atoms with Crippen LogP contribution in [-0.4, -0.2) is 22.2 Å². The van der Waals surface area contributed by atoms with E-state index in [9.17, 15) is 9.59 Å². The number of aromatic nitrogens is 1. The number of carboxylic acids is 1. The normalized spacial score (nSPS) is 9.79. The molecular weight excluding hydrogens is 186 g/mol. The first-order chi connectivity index (χ1) is 6.59. The number of aliphatic carboxylic acids is 1. The van der Waals surface area contributed by atoms with E-state index in [-0.39, 0.29) is 24.2 Å². The number of pyridine rings is 1. The third-order valence-electron chi connectivity index (χ3n) is 1.60. The molecule has 0 fully saturated rings. The van der Waals surface area contributed by atoms with Crippen molar-refractivity contribution in [3.8, 4) is 5.75 Å². The Bertz CT molecular complexity index is 383. The van der Waals surface area contributed by atoms with Crippen molar-refractivity contribution in [2.45, 2.75) is 6.42 Å². The minimum absolute atomic E-state index is 0.00852. The molecule has 0 atom stereocenters. The molecule has 76 valence electrons. The van der Waals surface area contributed by atoms with Crippen LogP contribution in [0.2, 0.25) is 0 Å². The number of hydrogen-bond donors (Lipinski definition) is 1. The average molecular weight is 197 g/mol. The van der Waals surface area contributed by atoms with E-state index in [1.807, 2.05) is 0 Å². The number of carbonyl (C=O) groups is 1. The number of aryl methyl sites for hydroxylation is 1. The largest absolute Gasteiger partial charge is 0.487 e. The lowest BCUT2D eigenvalue weighted by Gasteiger charge is -2.04. The molecule has 0 radical (unpaired) electrons. The van der Waals surface area contributed by atoms with Crippen LogP contribution in [0.25, 0.3) is 0 Å². The highest BCUT2D eigenvalue weighted by molar-refractivity contribution is 5.66. The fourth-order valence-corrected chi connectivity index (χ4v) is 0.916. The highest BCUT2D eigenvalue weighted by Gasteiger charge is 2.01. The standard InChI is InChI=1S/C9H11NO4/c1-10-4-2-7(11)8(6-10)14-5-3-9(12)13/h2,4,6H,3,5H2,1H3,(H,12,13). The summed E-state index contributed by atoms with van der Waals surface area (Å²) in [5.74, 6) is -0.769. The molecule has 0 bridgehead atoms. The minimum atomic E-state index is -0.947. The van der Waals surface area contributed by atoms with Gasteiger partial charge < -0.3 is 14.4 Å². The Labute approximate surface area is 80.6 Å². The topological polar surface area (TPSA) is 68.5 Å². The molecular formula is C9H11NO4. The second kappa shape index (κ2) is 4.45. The van der Waals surface area contributed by atoms with Crippen molar-refractivity contribution in [1.82, 2.24) is 4.57 Å². The van der Waals surface area contributed by atoms with Crippen molar-refractivity contribution < 1.29 is 14.6 Å². The zero-order chi connectivity index (χ0) is 10.6. The first-order valence-electron chi connectivity index (χ1n) is 4.10. The van der Waals surface area contributed by atoms with E-state index < -0.39 is 5.97 Å². The van der Waals surface area contributed by atoms with Gasteiger partial charge in [0.05, 0.1) is 13.0 Å². The van der Waals surface area contributed by atoms with Gasteiger partial charge in [-0.3, -0.25) is 9.59 Å². The first-order valence-corrected chi connectivity index (χ1v) is 4.10. The molecule has 1 rings (SSSR count). The van der Waals surface area contributed by atoms with E-state index in [4.69, 9.17) is 9.84 Å².